The number of ether oxygens (including phenoxy) is 1. The van der Waals surface area contributed by atoms with Gasteiger partial charge >= 0.3 is 0 Å². The predicted molar refractivity (Wildman–Crippen MR) is 56.0 cm³/mol. The molecule has 1 atom stereocenters. The van der Waals surface area contributed by atoms with Crippen molar-refractivity contribution in [2.24, 2.45) is 0 Å². The highest BCUT2D eigenvalue weighted by atomic mass is 16.6. The monoisotopic (exact) mass is 213 g/mol. The van der Waals surface area contributed by atoms with E-state index in [4.69, 9.17) is 0 Å². The average Bonchev–Trinajstić information content (AvgIpc) is 2.21. The van der Waals surface area contributed by atoms with Crippen LogP contribution in [0.1, 0.15) is 19.8 Å². The van der Waals surface area contributed by atoms with Crippen molar-refractivity contribution in [2.75, 3.05) is 6.61 Å². The van der Waals surface area contributed by atoms with E-state index < -0.39 is 6.04 Å². The highest BCUT2D eigenvalue weighted by molar-refractivity contribution is 5.37. The molecule has 1 unspecified atom stereocenters. The number of nitro groups is 1. The van der Waals surface area contributed by atoms with Crippen molar-refractivity contribution >= 4 is 6.47 Å². The Morgan fingerprint density at radius 1 is 1.40 bits per heavy atom. The van der Waals surface area contributed by atoms with E-state index in [-0.39, 0.29) is 11.5 Å². The van der Waals surface area contributed by atoms with Gasteiger partial charge in [-0.2, -0.15) is 0 Å². The van der Waals surface area contributed by atoms with Crippen LogP contribution in [0.3, 0.4) is 0 Å². The standard InChI is InChI=1S/C10H15NO4/c1-2-3-4-6-10(11(13)14)7-5-8-15-9-12/h3-5,7,9-10H,2,6,8H2,1H3/b4-3-,7-5+. The summed E-state index contributed by atoms with van der Waals surface area (Å²) >= 11 is 0. The SMILES string of the molecule is CC/C=C\CC(/C=C/COC=O)[N+](=O)[O-]. The quantitative estimate of drug-likeness (QED) is 0.202. The average molecular weight is 213 g/mol. The van der Waals surface area contributed by atoms with Gasteiger partial charge < -0.3 is 4.74 Å². The van der Waals surface area contributed by atoms with Crippen LogP contribution in [0.15, 0.2) is 24.3 Å². The van der Waals surface area contributed by atoms with Crippen LogP contribution in [0.25, 0.3) is 0 Å². The van der Waals surface area contributed by atoms with Gasteiger partial charge in [0.2, 0.25) is 6.04 Å². The topological polar surface area (TPSA) is 69.4 Å². The Labute approximate surface area is 88.6 Å². The first-order valence-electron chi connectivity index (χ1n) is 4.72. The van der Waals surface area contributed by atoms with Crippen LogP contribution in [0, 0.1) is 10.1 Å². The molecule has 5 nitrogen and oxygen atoms in total. The Kier molecular flexibility index (Phi) is 7.94. The highest BCUT2D eigenvalue weighted by Gasteiger charge is 2.12. The molecule has 0 N–H and O–H groups in total. The van der Waals surface area contributed by atoms with Gasteiger partial charge in [-0.25, -0.2) is 0 Å². The largest absolute Gasteiger partial charge is 0.464 e. The molecule has 0 bridgehead atoms. The minimum Gasteiger partial charge on any atom is -0.464 e. The number of allylic oxidation sites excluding steroid dienone is 1. The van der Waals surface area contributed by atoms with Gasteiger partial charge in [-0.3, -0.25) is 14.9 Å². The maximum Gasteiger partial charge on any atom is 0.293 e. The van der Waals surface area contributed by atoms with Crippen molar-refractivity contribution in [3.63, 3.8) is 0 Å². The number of carbonyl (C=O) groups is 1. The Balaban J connectivity index is 4.03. The zero-order valence-electron chi connectivity index (χ0n) is 8.67. The minimum atomic E-state index is -0.747. The number of nitrogens with zero attached hydrogens (tertiary/aromatic N) is 1. The van der Waals surface area contributed by atoms with E-state index in [9.17, 15) is 14.9 Å². The van der Waals surface area contributed by atoms with Gasteiger partial charge in [0.25, 0.3) is 6.47 Å². The molecule has 0 aliphatic heterocycles. The van der Waals surface area contributed by atoms with Crippen molar-refractivity contribution in [3.8, 4) is 0 Å². The third kappa shape index (κ3) is 7.42. The number of carbonyl (C=O) groups excluding carboxylic acids is 1. The maximum atomic E-state index is 10.6. The summed E-state index contributed by atoms with van der Waals surface area (Å²) in [6, 6.07) is -0.747. The van der Waals surface area contributed by atoms with Gasteiger partial charge in [-0.15, -0.1) is 0 Å². The highest BCUT2D eigenvalue weighted by Crippen LogP contribution is 2.01. The van der Waals surface area contributed by atoms with Crippen LogP contribution in [-0.2, 0) is 9.53 Å². The summed E-state index contributed by atoms with van der Waals surface area (Å²) in [5.41, 5.74) is 0. The van der Waals surface area contributed by atoms with Gasteiger partial charge in [-0.05, 0) is 18.6 Å². The minimum absolute atomic E-state index is 0.0747. The second kappa shape index (κ2) is 8.93. The summed E-state index contributed by atoms with van der Waals surface area (Å²) in [4.78, 5) is 20.0. The number of hydrogen-bond donors (Lipinski definition) is 0. The molecule has 0 aromatic rings. The summed E-state index contributed by atoms with van der Waals surface area (Å²) < 4.78 is 4.38. The van der Waals surface area contributed by atoms with Gasteiger partial charge in [0, 0.05) is 11.3 Å². The lowest BCUT2D eigenvalue weighted by molar-refractivity contribution is -0.508. The third-order valence-corrected chi connectivity index (χ3v) is 1.67. The summed E-state index contributed by atoms with van der Waals surface area (Å²) in [6.07, 6.45) is 7.79. The lowest BCUT2D eigenvalue weighted by Gasteiger charge is -2.00. The lowest BCUT2D eigenvalue weighted by Crippen LogP contribution is -2.15. The summed E-state index contributed by atoms with van der Waals surface area (Å²) in [7, 11) is 0. The zero-order chi connectivity index (χ0) is 11.5. The van der Waals surface area contributed by atoms with Crippen molar-refractivity contribution in [2.45, 2.75) is 25.8 Å². The molecule has 0 rings (SSSR count). The number of hydrogen-bond acceptors (Lipinski definition) is 4. The summed E-state index contributed by atoms with van der Waals surface area (Å²) in [6.45, 7) is 2.35. The Bertz CT molecular complexity index is 248. The van der Waals surface area contributed by atoms with Crippen LogP contribution in [0.2, 0.25) is 0 Å². The van der Waals surface area contributed by atoms with Crippen molar-refractivity contribution in [1.82, 2.24) is 0 Å². The normalized spacial score (nSPS) is 13.1. The second-order valence-electron chi connectivity index (χ2n) is 2.83. The van der Waals surface area contributed by atoms with Gasteiger partial charge in [0.15, 0.2) is 0 Å². The Morgan fingerprint density at radius 2 is 2.13 bits per heavy atom. The van der Waals surface area contributed by atoms with Crippen LogP contribution in [0.4, 0.5) is 0 Å². The Morgan fingerprint density at radius 3 is 2.67 bits per heavy atom. The van der Waals surface area contributed by atoms with E-state index in [1.165, 1.54) is 12.2 Å². The van der Waals surface area contributed by atoms with E-state index >= 15 is 0 Å². The number of rotatable bonds is 8. The van der Waals surface area contributed by atoms with E-state index in [1.807, 2.05) is 13.0 Å². The molecule has 0 radical (unpaired) electrons. The van der Waals surface area contributed by atoms with E-state index in [1.54, 1.807) is 6.08 Å². The first kappa shape index (κ1) is 13.4. The fourth-order valence-corrected chi connectivity index (χ4v) is 0.945. The molecule has 15 heavy (non-hydrogen) atoms. The Hall–Kier alpha value is -1.65. The molecule has 0 aromatic heterocycles. The first-order chi connectivity index (χ1) is 7.22. The smallest absolute Gasteiger partial charge is 0.293 e. The van der Waals surface area contributed by atoms with Crippen LogP contribution < -0.4 is 0 Å². The molecule has 0 aliphatic rings. The fraction of sp³-hybridized carbons (Fsp3) is 0.500. The van der Waals surface area contributed by atoms with Crippen LogP contribution >= 0.6 is 0 Å². The molecule has 0 aromatic carbocycles. The van der Waals surface area contributed by atoms with Crippen LogP contribution in [-0.4, -0.2) is 24.0 Å². The van der Waals surface area contributed by atoms with E-state index in [0.29, 0.717) is 12.9 Å². The zero-order valence-corrected chi connectivity index (χ0v) is 8.67. The summed E-state index contributed by atoms with van der Waals surface area (Å²) in [5, 5.41) is 10.6. The van der Waals surface area contributed by atoms with Gasteiger partial charge in [0.05, 0.1) is 0 Å². The molecular weight excluding hydrogens is 198 g/mol. The van der Waals surface area contributed by atoms with Crippen LogP contribution in [0.5, 0.6) is 0 Å². The predicted octanol–water partition coefficient (Wildman–Crippen LogP) is 1.72. The van der Waals surface area contributed by atoms with Gasteiger partial charge in [-0.1, -0.05) is 19.1 Å². The van der Waals surface area contributed by atoms with E-state index in [2.05, 4.69) is 4.74 Å². The maximum absolute atomic E-state index is 10.6. The molecule has 5 heteroatoms. The van der Waals surface area contributed by atoms with Crippen molar-refractivity contribution in [3.05, 3.63) is 34.4 Å². The molecular formula is C10H15NO4. The molecule has 0 aliphatic carbocycles. The third-order valence-electron chi connectivity index (χ3n) is 1.67. The fourth-order valence-electron chi connectivity index (χ4n) is 0.945. The van der Waals surface area contributed by atoms with Crippen molar-refractivity contribution in [1.29, 1.82) is 0 Å². The second-order valence-corrected chi connectivity index (χ2v) is 2.83. The molecule has 0 saturated carbocycles. The molecule has 84 valence electrons. The van der Waals surface area contributed by atoms with E-state index in [0.717, 1.165) is 6.42 Å². The van der Waals surface area contributed by atoms with Gasteiger partial charge in [0.1, 0.15) is 6.61 Å². The molecule has 0 fully saturated rings. The first-order valence-corrected chi connectivity index (χ1v) is 4.72. The van der Waals surface area contributed by atoms with Crippen molar-refractivity contribution < 1.29 is 14.5 Å². The summed E-state index contributed by atoms with van der Waals surface area (Å²) in [5.74, 6) is 0. The molecule has 0 heterocycles. The molecule has 0 amide bonds. The lowest BCUT2D eigenvalue weighted by atomic mass is 10.2. The molecule has 0 saturated heterocycles. The molecule has 0 spiro atoms.